The van der Waals surface area contributed by atoms with Crippen LogP contribution >= 0.6 is 0 Å². The Labute approximate surface area is 578 Å². The summed E-state index contributed by atoms with van der Waals surface area (Å²) in [6.45, 7) is 15.0. The number of hydrogen-bond acceptors (Lipinski definition) is 13. The molecule has 0 radical (unpaired) electrons. The summed E-state index contributed by atoms with van der Waals surface area (Å²) >= 11 is 0. The number of carbonyl (C=O) groups is 6. The number of carboxylic acid groups (broad SMARTS) is 1. The van der Waals surface area contributed by atoms with E-state index in [-0.39, 0.29) is 73.4 Å². The van der Waals surface area contributed by atoms with Crippen molar-refractivity contribution >= 4 is 52.2 Å². The summed E-state index contributed by atoms with van der Waals surface area (Å²) < 4.78 is 43.1. The van der Waals surface area contributed by atoms with E-state index >= 15 is 0 Å². The maximum absolute atomic E-state index is 13.6. The minimum absolute atomic E-state index is 0. The summed E-state index contributed by atoms with van der Waals surface area (Å²) in [6.07, 6.45) is 2.96. The lowest BCUT2D eigenvalue weighted by molar-refractivity contribution is -0.159. The molecule has 0 aromatic heterocycles. The molecule has 7 aromatic carbocycles. The number of carbonyl (C=O) groups excluding carboxylic acids is 5. The molecule has 2 heterocycles. The van der Waals surface area contributed by atoms with E-state index < -0.39 is 48.9 Å². The summed E-state index contributed by atoms with van der Waals surface area (Å²) in [5, 5.41) is 41.6. The number of hydrogen-bond donors (Lipinski definition) is 8. The van der Waals surface area contributed by atoms with Crippen LogP contribution in [0, 0.1) is 18.4 Å². The Bertz CT molecular complexity index is 3800. The molecule has 11 rings (SSSR count). The number of aldehydes is 1. The van der Waals surface area contributed by atoms with Crippen molar-refractivity contribution in [3.8, 4) is 0 Å². The number of nitrogens with zero attached hydrogens (tertiary/aromatic N) is 2. The van der Waals surface area contributed by atoms with Crippen LogP contribution in [-0.4, -0.2) is 107 Å². The van der Waals surface area contributed by atoms with Crippen LogP contribution in [0.2, 0.25) is 0 Å². The monoisotopic (exact) mass is 1360 g/mol. The van der Waals surface area contributed by atoms with Gasteiger partial charge >= 0.3 is 12.1 Å². The Kier molecular flexibility index (Phi) is 32.8. The van der Waals surface area contributed by atoms with Gasteiger partial charge < -0.3 is 52.4 Å². The molecule has 3 amide bonds. The van der Waals surface area contributed by atoms with Crippen LogP contribution in [0.5, 0.6) is 0 Å². The first-order valence-electron chi connectivity index (χ1n) is 33.2. The molecule has 18 nitrogen and oxygen atoms in total. The van der Waals surface area contributed by atoms with Gasteiger partial charge in [-0.05, 0) is 126 Å². The molecular formula is C78H95F3N6O12. The molecule has 11 N–H and O–H groups in total. The van der Waals surface area contributed by atoms with Gasteiger partial charge in [0.2, 0.25) is 17.7 Å². The Hall–Kier alpha value is -8.98. The molecule has 3 unspecified atom stereocenters. The second-order valence-corrected chi connectivity index (χ2v) is 24.9. The fourth-order valence-corrected chi connectivity index (χ4v) is 12.2. The lowest BCUT2D eigenvalue weighted by Gasteiger charge is -2.32. The Morgan fingerprint density at radius 1 is 0.687 bits per heavy atom. The number of aryl methyl sites for hydroxylation is 2. The lowest BCUT2D eigenvalue weighted by Crippen LogP contribution is -2.47. The molecule has 0 saturated carbocycles. The first kappa shape index (κ1) is 80.7. The van der Waals surface area contributed by atoms with Crippen molar-refractivity contribution in [1.82, 2.24) is 21.7 Å². The molecule has 7 aromatic rings. The smallest absolute Gasteiger partial charge is 0.411 e. The molecular weight excluding hydrogens is 1270 g/mol. The van der Waals surface area contributed by atoms with Crippen molar-refractivity contribution < 1.29 is 71.8 Å². The van der Waals surface area contributed by atoms with Crippen LogP contribution in [0.3, 0.4) is 0 Å². The van der Waals surface area contributed by atoms with Gasteiger partial charge in [-0.2, -0.15) is 13.2 Å². The van der Waals surface area contributed by atoms with Gasteiger partial charge in [0.1, 0.15) is 24.7 Å². The summed E-state index contributed by atoms with van der Waals surface area (Å²) in [5.41, 5.74) is 17.1. The molecule has 2 aliphatic carbocycles. The van der Waals surface area contributed by atoms with Gasteiger partial charge in [-0.15, -0.1) is 0 Å². The van der Waals surface area contributed by atoms with Gasteiger partial charge in [-0.3, -0.25) is 33.7 Å². The number of ketones is 1. The van der Waals surface area contributed by atoms with Crippen LogP contribution in [-0.2, 0) is 46.3 Å². The van der Waals surface area contributed by atoms with E-state index in [1.165, 1.54) is 22.3 Å². The van der Waals surface area contributed by atoms with E-state index in [1.807, 2.05) is 153 Å². The predicted octanol–water partition coefficient (Wildman–Crippen LogP) is 14.0. The van der Waals surface area contributed by atoms with Crippen molar-refractivity contribution in [2.75, 3.05) is 33.5 Å². The number of ether oxygens (including phenoxy) is 2. The second kappa shape index (κ2) is 40.2. The first-order valence-corrected chi connectivity index (χ1v) is 33.2. The molecule has 1 saturated heterocycles. The molecule has 0 bridgehead atoms. The lowest BCUT2D eigenvalue weighted by atomic mass is 9.83. The number of halogens is 3. The number of nitrogens with two attached hydrogens (primary N) is 1. The predicted molar refractivity (Wildman–Crippen MR) is 376 cm³/mol. The van der Waals surface area contributed by atoms with E-state index in [9.17, 15) is 47.0 Å². The van der Waals surface area contributed by atoms with E-state index in [1.54, 1.807) is 18.9 Å². The molecule has 530 valence electrons. The number of aliphatic carboxylic acids is 1. The van der Waals surface area contributed by atoms with Crippen LogP contribution in [0.25, 0.3) is 15.6 Å². The quantitative estimate of drug-likeness (QED) is 0.0311. The molecule has 4 aliphatic rings. The van der Waals surface area contributed by atoms with Gasteiger partial charge in [-0.25, -0.2) is 4.85 Å². The van der Waals surface area contributed by atoms with Crippen molar-refractivity contribution in [2.45, 2.75) is 153 Å². The maximum atomic E-state index is 13.6. The largest absolute Gasteiger partial charge is 0.481 e. The van der Waals surface area contributed by atoms with E-state index in [0.717, 1.165) is 94.7 Å². The summed E-state index contributed by atoms with van der Waals surface area (Å²) in [4.78, 5) is 78.6. The zero-order valence-electron chi connectivity index (χ0n) is 57.2. The van der Waals surface area contributed by atoms with Gasteiger partial charge in [0.05, 0.1) is 49.2 Å². The summed E-state index contributed by atoms with van der Waals surface area (Å²) in [7, 11) is 1.64. The van der Waals surface area contributed by atoms with E-state index in [2.05, 4.69) is 53.6 Å². The number of amides is 3. The second-order valence-electron chi connectivity index (χ2n) is 24.9. The molecule has 9 atom stereocenters. The number of carboxylic acids is 1. The number of nitrogens with one attached hydrogen (secondary N) is 2. The minimum Gasteiger partial charge on any atom is -0.481 e. The third kappa shape index (κ3) is 22.8. The fraction of sp³-hybridized carbons (Fsp3) is 0.397. The van der Waals surface area contributed by atoms with Crippen molar-refractivity contribution in [3.05, 3.63) is 231 Å². The van der Waals surface area contributed by atoms with E-state index in [4.69, 9.17) is 37.1 Å². The topological polar surface area (TPSA) is 294 Å². The highest BCUT2D eigenvalue weighted by atomic mass is 19.4. The van der Waals surface area contributed by atoms with Crippen molar-refractivity contribution in [1.29, 1.82) is 0 Å². The maximum Gasteiger partial charge on any atom is 0.411 e. The molecule has 1 fully saturated rings. The van der Waals surface area contributed by atoms with Gasteiger partial charge in [-0.1, -0.05) is 191 Å². The Morgan fingerprint density at radius 2 is 1.19 bits per heavy atom. The number of methoxy groups -OCH3 is 1. The first-order chi connectivity index (χ1) is 47.0. The summed E-state index contributed by atoms with van der Waals surface area (Å²) in [5.74, 6) is -2.28. The highest BCUT2D eigenvalue weighted by molar-refractivity contribution is 5.95. The normalized spacial score (nSPS) is 18.3. The minimum atomic E-state index is -4.40. The highest BCUT2D eigenvalue weighted by Gasteiger charge is 2.48. The fourth-order valence-electron chi connectivity index (χ4n) is 12.2. The van der Waals surface area contributed by atoms with Gasteiger partial charge in [0.25, 0.3) is 0 Å². The number of benzene rings is 7. The SMILES string of the molecule is CC(C)c1ccccc1C=O.COC(C)c1ccccc1C(CC(=O)[C@@H](C)CCO)C(=O)N[C@@H]1CCCc2ccccc21.C[C@@H](CCO)C(=O)O.N.N[C@H]1CCO[C@H]2c3ccccc3C(C(=O)N[C@@H]3CCCc4ccccc43)N2C1=O.OCC(F)(F)F.[C-]#[N+]c1cccc2ccccc12. The number of aliphatic hydroxyl groups is 3. The van der Waals surface area contributed by atoms with Crippen molar-refractivity contribution in [2.24, 2.45) is 17.6 Å². The number of aliphatic hydroxyl groups excluding tert-OH is 3. The Balaban J connectivity index is 0.000000238. The number of rotatable bonds is 17. The third-order valence-electron chi connectivity index (χ3n) is 17.8. The molecule has 0 spiro atoms. The molecule has 2 aliphatic heterocycles. The highest BCUT2D eigenvalue weighted by Crippen LogP contribution is 2.45. The number of fused-ring (bicyclic) bond motifs is 6. The average molecular weight is 1370 g/mol. The van der Waals surface area contributed by atoms with Crippen LogP contribution in [0.4, 0.5) is 18.9 Å². The number of Topliss-reactive ketones (excluding diaryl/α,β-unsaturated/α-hetero) is 1. The molecule has 21 heteroatoms. The zero-order valence-corrected chi connectivity index (χ0v) is 57.2. The Morgan fingerprint density at radius 3 is 1.73 bits per heavy atom. The number of alkyl halides is 3. The zero-order chi connectivity index (χ0) is 71.5. The summed E-state index contributed by atoms with van der Waals surface area (Å²) in [6, 6.07) is 51.8. The van der Waals surface area contributed by atoms with Crippen LogP contribution in [0.1, 0.15) is 189 Å². The van der Waals surface area contributed by atoms with Crippen LogP contribution < -0.4 is 22.5 Å². The standard InChI is InChI=1S/C27H35NO4.C23H25N3O3.C11H7N.C10H12O.C5H10O3.C2H3F3O.H3N/c1-18(15-16-29)26(30)17-24(23-13-7-6-11-21(23)19(2)32-3)27(31)28-25-14-8-10-20-9-4-5-12-22(20)25;24-18-12-13-29-23-17-10-4-3-9-16(17)20(26(23)22(18)28)21(27)25-19-11-5-7-14-6-1-2-8-15(14)19;1-12-11-8-4-6-9-5-2-3-7-10(9)11;1-8(2)10-6-4-3-5-9(10)7-11;1-4(2-3-6)5(7)8;3-2(4,5)1-6;/h4-7,9,11-13,18-19,24-25,29H,8,10,14-17H2,1-3H3,(H,28,31);1-4,6,8-10,18-20,23H,5,7,11-13,24H2,(H,25,27);2-8H;3-8H,1-2H3;4,6H,2-3H2,1H3,(H,7,8);6H,1H2;1H3/t18-,19?,24?,25+;18-,19+,20?,23-;;;4-;;/m00..0../s1. The molecule has 99 heavy (non-hydrogen) atoms. The van der Waals surface area contributed by atoms with Gasteiger partial charge in [0, 0.05) is 43.8 Å². The van der Waals surface area contributed by atoms with Crippen molar-refractivity contribution in [3.63, 3.8) is 0 Å². The van der Waals surface area contributed by atoms with Gasteiger partial charge in [0.15, 0.2) is 11.9 Å². The van der Waals surface area contributed by atoms with Crippen LogP contribution in [0.15, 0.2) is 164 Å². The third-order valence-corrected chi connectivity index (χ3v) is 17.8. The van der Waals surface area contributed by atoms with E-state index in [0.29, 0.717) is 31.8 Å². The average Bonchev–Trinajstić information content (AvgIpc) is 1.60.